The third-order valence-electron chi connectivity index (χ3n) is 4.04. The van der Waals surface area contributed by atoms with E-state index in [-0.39, 0.29) is 19.0 Å². The molecule has 0 spiro atoms. The van der Waals surface area contributed by atoms with E-state index >= 15 is 0 Å². The van der Waals surface area contributed by atoms with Crippen molar-refractivity contribution in [3.8, 4) is 0 Å². The number of nitrogens with one attached hydrogen (secondary N) is 2. The van der Waals surface area contributed by atoms with Gasteiger partial charge in [-0.05, 0) is 13.0 Å². The summed E-state index contributed by atoms with van der Waals surface area (Å²) in [6.45, 7) is 3.17. The number of carbonyl (C=O) groups excluding carboxylic acids is 1. The molecule has 1 aromatic heterocycles. The number of nitrogens with zero attached hydrogens (tertiary/aromatic N) is 3. The highest BCUT2D eigenvalue weighted by atomic mass is 16.4. The van der Waals surface area contributed by atoms with E-state index in [1.54, 1.807) is 11.2 Å². The molecule has 2 aliphatic rings. The van der Waals surface area contributed by atoms with Gasteiger partial charge in [-0.15, -0.1) is 0 Å². The number of carboxylic acid groups (broad SMARTS) is 1. The second-order valence-corrected chi connectivity index (χ2v) is 5.39. The Labute approximate surface area is 122 Å². The Bertz CT molecular complexity index is 536. The van der Waals surface area contributed by atoms with Gasteiger partial charge in [0, 0.05) is 26.1 Å². The van der Waals surface area contributed by atoms with Gasteiger partial charge < -0.3 is 25.2 Å². The van der Waals surface area contributed by atoms with Gasteiger partial charge in [0.05, 0.1) is 24.3 Å². The quantitative estimate of drug-likeness (QED) is 0.656. The Kier molecular flexibility index (Phi) is 3.78. The van der Waals surface area contributed by atoms with Crippen molar-refractivity contribution in [1.82, 2.24) is 25.1 Å². The summed E-state index contributed by atoms with van der Waals surface area (Å²) in [6, 6.07) is -1.05. The summed E-state index contributed by atoms with van der Waals surface area (Å²) in [5.74, 6) is -0.982. The first-order chi connectivity index (χ1) is 10.2. The number of imidazole rings is 1. The van der Waals surface area contributed by atoms with Gasteiger partial charge in [-0.2, -0.15) is 0 Å². The summed E-state index contributed by atoms with van der Waals surface area (Å²) in [7, 11) is 0. The number of urea groups is 1. The summed E-state index contributed by atoms with van der Waals surface area (Å²) < 4.78 is 0. The molecule has 3 rings (SSSR count). The number of amides is 2. The maximum absolute atomic E-state index is 12.7. The van der Waals surface area contributed by atoms with Crippen LogP contribution in [0.1, 0.15) is 17.8 Å². The fraction of sp³-hybridized carbons (Fsp3) is 0.615. The second-order valence-electron chi connectivity index (χ2n) is 5.39. The third-order valence-corrected chi connectivity index (χ3v) is 4.04. The fourth-order valence-corrected chi connectivity index (χ4v) is 2.88. The summed E-state index contributed by atoms with van der Waals surface area (Å²) in [4.78, 5) is 34.5. The minimum Gasteiger partial charge on any atom is -0.480 e. The van der Waals surface area contributed by atoms with Crippen LogP contribution in [0.15, 0.2) is 6.33 Å². The van der Waals surface area contributed by atoms with Crippen LogP contribution in [0.25, 0.3) is 0 Å². The van der Waals surface area contributed by atoms with E-state index < -0.39 is 12.0 Å². The Morgan fingerprint density at radius 2 is 2.19 bits per heavy atom. The van der Waals surface area contributed by atoms with E-state index in [9.17, 15) is 14.7 Å². The molecule has 3 heterocycles. The van der Waals surface area contributed by atoms with Crippen molar-refractivity contribution in [3.63, 3.8) is 0 Å². The maximum Gasteiger partial charge on any atom is 0.326 e. The smallest absolute Gasteiger partial charge is 0.326 e. The van der Waals surface area contributed by atoms with Crippen molar-refractivity contribution in [2.24, 2.45) is 0 Å². The van der Waals surface area contributed by atoms with E-state index in [0.29, 0.717) is 13.1 Å². The fourth-order valence-electron chi connectivity index (χ4n) is 2.88. The summed E-state index contributed by atoms with van der Waals surface area (Å²) in [5.41, 5.74) is 1.57. The zero-order valence-electron chi connectivity index (χ0n) is 11.7. The molecule has 0 aromatic carbocycles. The minimum atomic E-state index is -0.982. The zero-order valence-corrected chi connectivity index (χ0v) is 11.7. The molecule has 1 aromatic rings. The summed E-state index contributed by atoms with van der Waals surface area (Å²) in [5, 5.41) is 12.6. The first-order valence-electron chi connectivity index (χ1n) is 7.17. The third kappa shape index (κ3) is 2.71. The van der Waals surface area contributed by atoms with E-state index in [4.69, 9.17) is 0 Å². The number of hydrogen-bond donors (Lipinski definition) is 3. The number of carboxylic acids is 1. The van der Waals surface area contributed by atoms with E-state index in [0.717, 1.165) is 30.9 Å². The van der Waals surface area contributed by atoms with Crippen molar-refractivity contribution >= 4 is 12.0 Å². The van der Waals surface area contributed by atoms with Crippen LogP contribution in [0, 0.1) is 0 Å². The molecule has 2 aliphatic heterocycles. The Morgan fingerprint density at radius 3 is 3.00 bits per heavy atom. The van der Waals surface area contributed by atoms with Crippen LogP contribution in [-0.4, -0.2) is 69.1 Å². The SMILES string of the molecule is O=C(O)C1Cc2nc[nH]c2CN1C(=O)N1CCCNCC1. The molecule has 0 bridgehead atoms. The molecule has 114 valence electrons. The second kappa shape index (κ2) is 5.72. The zero-order chi connectivity index (χ0) is 14.8. The Hall–Kier alpha value is -2.09. The molecule has 8 nitrogen and oxygen atoms in total. The van der Waals surface area contributed by atoms with Gasteiger partial charge in [0.1, 0.15) is 6.04 Å². The molecule has 2 amide bonds. The van der Waals surface area contributed by atoms with Crippen LogP contribution in [0.4, 0.5) is 4.79 Å². The van der Waals surface area contributed by atoms with Crippen LogP contribution in [-0.2, 0) is 17.8 Å². The molecule has 1 atom stereocenters. The number of rotatable bonds is 1. The van der Waals surface area contributed by atoms with Gasteiger partial charge in [0.15, 0.2) is 0 Å². The highest BCUT2D eigenvalue weighted by molar-refractivity contribution is 5.83. The van der Waals surface area contributed by atoms with Crippen LogP contribution in [0.2, 0.25) is 0 Å². The van der Waals surface area contributed by atoms with Gasteiger partial charge in [0.25, 0.3) is 0 Å². The van der Waals surface area contributed by atoms with Crippen LogP contribution >= 0.6 is 0 Å². The number of H-pyrrole nitrogens is 1. The van der Waals surface area contributed by atoms with Crippen molar-refractivity contribution in [2.45, 2.75) is 25.4 Å². The molecule has 1 saturated heterocycles. The first kappa shape index (κ1) is 13.9. The maximum atomic E-state index is 12.7. The average molecular weight is 293 g/mol. The standard InChI is InChI=1S/C13H19N5O3/c19-12(20)11-6-9-10(16-8-15-9)7-18(11)13(21)17-4-1-2-14-3-5-17/h8,11,14H,1-7H2,(H,15,16)(H,19,20). The van der Waals surface area contributed by atoms with Gasteiger partial charge >= 0.3 is 12.0 Å². The lowest BCUT2D eigenvalue weighted by Gasteiger charge is -2.36. The van der Waals surface area contributed by atoms with E-state index in [1.807, 2.05) is 0 Å². The summed E-state index contributed by atoms with van der Waals surface area (Å²) >= 11 is 0. The molecule has 8 heteroatoms. The molecule has 1 unspecified atom stereocenters. The van der Waals surface area contributed by atoms with Crippen LogP contribution < -0.4 is 5.32 Å². The van der Waals surface area contributed by atoms with Gasteiger partial charge in [-0.1, -0.05) is 0 Å². The topological polar surface area (TPSA) is 102 Å². The van der Waals surface area contributed by atoms with Crippen LogP contribution in [0.3, 0.4) is 0 Å². The van der Waals surface area contributed by atoms with Crippen molar-refractivity contribution < 1.29 is 14.7 Å². The van der Waals surface area contributed by atoms with Gasteiger partial charge in [-0.3, -0.25) is 0 Å². The lowest BCUT2D eigenvalue weighted by Crippen LogP contribution is -2.54. The predicted octanol–water partition coefficient (Wildman–Crippen LogP) is -0.364. The Balaban J connectivity index is 1.81. The lowest BCUT2D eigenvalue weighted by atomic mass is 10.0. The number of carbonyl (C=O) groups is 2. The number of hydrogen-bond acceptors (Lipinski definition) is 4. The predicted molar refractivity (Wildman–Crippen MR) is 73.7 cm³/mol. The highest BCUT2D eigenvalue weighted by Crippen LogP contribution is 2.22. The minimum absolute atomic E-state index is 0.202. The normalized spacial score (nSPS) is 22.6. The van der Waals surface area contributed by atoms with Crippen molar-refractivity contribution in [2.75, 3.05) is 26.2 Å². The summed E-state index contributed by atoms with van der Waals surface area (Å²) in [6.07, 6.45) is 2.69. The van der Waals surface area contributed by atoms with Crippen molar-refractivity contribution in [3.05, 3.63) is 17.7 Å². The lowest BCUT2D eigenvalue weighted by molar-refractivity contribution is -0.143. The molecule has 0 saturated carbocycles. The molecule has 3 N–H and O–H groups in total. The number of aliphatic carboxylic acids is 1. The molecular formula is C13H19N5O3. The monoisotopic (exact) mass is 293 g/mol. The van der Waals surface area contributed by atoms with Crippen LogP contribution in [0.5, 0.6) is 0 Å². The largest absolute Gasteiger partial charge is 0.480 e. The molecule has 0 radical (unpaired) electrons. The average Bonchev–Trinajstić information content (AvgIpc) is 2.76. The molecule has 0 aliphatic carbocycles. The van der Waals surface area contributed by atoms with E-state index in [2.05, 4.69) is 15.3 Å². The Morgan fingerprint density at radius 1 is 1.33 bits per heavy atom. The molecule has 1 fully saturated rings. The molecule has 21 heavy (non-hydrogen) atoms. The van der Waals surface area contributed by atoms with Gasteiger partial charge in [-0.25, -0.2) is 14.6 Å². The first-order valence-corrected chi connectivity index (χ1v) is 7.17. The number of aromatic amines is 1. The van der Waals surface area contributed by atoms with Crippen molar-refractivity contribution in [1.29, 1.82) is 0 Å². The van der Waals surface area contributed by atoms with Gasteiger partial charge in [0.2, 0.25) is 0 Å². The number of aromatic nitrogens is 2. The number of fused-ring (bicyclic) bond motifs is 1. The highest BCUT2D eigenvalue weighted by Gasteiger charge is 2.37. The van der Waals surface area contributed by atoms with E-state index in [1.165, 1.54) is 4.90 Å². The molecular weight excluding hydrogens is 274 g/mol.